The van der Waals surface area contributed by atoms with Crippen LogP contribution in [0.15, 0.2) is 24.3 Å². The average Bonchev–Trinajstić information content (AvgIpc) is 2.61. The normalized spacial score (nSPS) is 17.1. The number of carbonyl (C=O) groups is 2. The standard InChI is InChI=1S/C18H27N3O2.ClH/c1-2-3-10-20-17(22)16-5-4-11-21(13-16)18(23)15-8-6-14(12-19)7-9-15;/h6-9,16H,2-5,10-13,19H2,1H3,(H,20,22);1H. The first-order chi connectivity index (χ1) is 11.2. The molecule has 0 aromatic heterocycles. The number of nitrogens with one attached hydrogen (secondary N) is 1. The van der Waals surface area contributed by atoms with Crippen molar-refractivity contribution in [3.63, 3.8) is 0 Å². The smallest absolute Gasteiger partial charge is 0.253 e. The molecule has 0 spiro atoms. The molecule has 2 rings (SSSR count). The lowest BCUT2D eigenvalue weighted by Gasteiger charge is -2.32. The lowest BCUT2D eigenvalue weighted by atomic mass is 9.96. The maximum atomic E-state index is 12.6. The summed E-state index contributed by atoms with van der Waals surface area (Å²) in [5.41, 5.74) is 7.25. The fourth-order valence-electron chi connectivity index (χ4n) is 2.87. The van der Waals surface area contributed by atoms with Crippen molar-refractivity contribution in [2.45, 2.75) is 39.2 Å². The molecule has 24 heavy (non-hydrogen) atoms. The van der Waals surface area contributed by atoms with Gasteiger partial charge in [-0.25, -0.2) is 0 Å². The molecule has 3 N–H and O–H groups in total. The van der Waals surface area contributed by atoms with Crippen molar-refractivity contribution < 1.29 is 9.59 Å². The zero-order chi connectivity index (χ0) is 16.7. The Labute approximate surface area is 150 Å². The minimum Gasteiger partial charge on any atom is -0.356 e. The van der Waals surface area contributed by atoms with E-state index in [9.17, 15) is 9.59 Å². The first-order valence-electron chi connectivity index (χ1n) is 8.51. The van der Waals surface area contributed by atoms with Gasteiger partial charge in [0, 0.05) is 31.7 Å². The van der Waals surface area contributed by atoms with Crippen LogP contribution < -0.4 is 11.1 Å². The maximum absolute atomic E-state index is 12.6. The van der Waals surface area contributed by atoms with E-state index in [2.05, 4.69) is 12.2 Å². The molecule has 5 nitrogen and oxygen atoms in total. The van der Waals surface area contributed by atoms with Crippen LogP contribution in [0.3, 0.4) is 0 Å². The van der Waals surface area contributed by atoms with E-state index in [-0.39, 0.29) is 30.1 Å². The third-order valence-electron chi connectivity index (χ3n) is 4.35. The van der Waals surface area contributed by atoms with Crippen LogP contribution in [-0.4, -0.2) is 36.3 Å². The highest BCUT2D eigenvalue weighted by Crippen LogP contribution is 2.19. The van der Waals surface area contributed by atoms with Crippen molar-refractivity contribution in [1.82, 2.24) is 10.2 Å². The molecule has 1 aliphatic heterocycles. The number of nitrogens with zero attached hydrogens (tertiary/aromatic N) is 1. The lowest BCUT2D eigenvalue weighted by molar-refractivity contribution is -0.126. The summed E-state index contributed by atoms with van der Waals surface area (Å²) >= 11 is 0. The van der Waals surface area contributed by atoms with E-state index in [1.807, 2.05) is 24.3 Å². The van der Waals surface area contributed by atoms with Gasteiger partial charge in [-0.15, -0.1) is 12.4 Å². The molecule has 134 valence electrons. The number of unbranched alkanes of at least 4 members (excludes halogenated alkanes) is 1. The van der Waals surface area contributed by atoms with Gasteiger partial charge in [0.15, 0.2) is 0 Å². The van der Waals surface area contributed by atoms with E-state index in [1.54, 1.807) is 4.90 Å². The van der Waals surface area contributed by atoms with Gasteiger partial charge in [0.25, 0.3) is 5.91 Å². The number of hydrogen-bond donors (Lipinski definition) is 2. The molecule has 0 saturated carbocycles. The van der Waals surface area contributed by atoms with Crippen LogP contribution in [0.4, 0.5) is 0 Å². The third kappa shape index (κ3) is 5.49. The van der Waals surface area contributed by atoms with E-state index >= 15 is 0 Å². The molecule has 1 aromatic rings. The van der Waals surface area contributed by atoms with Crippen LogP contribution in [-0.2, 0) is 11.3 Å². The molecule has 1 aromatic carbocycles. The summed E-state index contributed by atoms with van der Waals surface area (Å²) in [5, 5.41) is 2.98. The summed E-state index contributed by atoms with van der Waals surface area (Å²) in [4.78, 5) is 26.6. The van der Waals surface area contributed by atoms with Crippen molar-refractivity contribution in [3.8, 4) is 0 Å². The SMILES string of the molecule is CCCCNC(=O)C1CCCN(C(=O)c2ccc(CN)cc2)C1.Cl. The van der Waals surface area contributed by atoms with E-state index in [4.69, 9.17) is 5.73 Å². The van der Waals surface area contributed by atoms with Gasteiger partial charge in [-0.2, -0.15) is 0 Å². The second-order valence-electron chi connectivity index (χ2n) is 6.14. The minimum atomic E-state index is -0.0899. The highest BCUT2D eigenvalue weighted by atomic mass is 35.5. The number of benzene rings is 1. The zero-order valence-corrected chi connectivity index (χ0v) is 15.1. The predicted octanol–water partition coefficient (Wildman–Crippen LogP) is 2.34. The number of rotatable bonds is 6. The quantitative estimate of drug-likeness (QED) is 0.771. The van der Waals surface area contributed by atoms with E-state index in [0.29, 0.717) is 18.7 Å². The van der Waals surface area contributed by atoms with Crippen molar-refractivity contribution >= 4 is 24.2 Å². The Morgan fingerprint density at radius 1 is 1.29 bits per heavy atom. The number of nitrogens with two attached hydrogens (primary N) is 1. The second kappa shape index (κ2) is 10.3. The second-order valence-corrected chi connectivity index (χ2v) is 6.14. The van der Waals surface area contributed by atoms with Gasteiger partial charge in [0.1, 0.15) is 0 Å². The Kier molecular flexibility index (Phi) is 8.79. The van der Waals surface area contributed by atoms with Gasteiger partial charge in [0.2, 0.25) is 5.91 Å². The molecule has 1 atom stereocenters. The first kappa shape index (κ1) is 20.5. The maximum Gasteiger partial charge on any atom is 0.253 e. The summed E-state index contributed by atoms with van der Waals surface area (Å²) in [7, 11) is 0. The Morgan fingerprint density at radius 3 is 2.62 bits per heavy atom. The highest BCUT2D eigenvalue weighted by molar-refractivity contribution is 5.94. The fourth-order valence-corrected chi connectivity index (χ4v) is 2.87. The first-order valence-corrected chi connectivity index (χ1v) is 8.51. The predicted molar refractivity (Wildman–Crippen MR) is 98.1 cm³/mol. The van der Waals surface area contributed by atoms with Crippen molar-refractivity contribution in [2.75, 3.05) is 19.6 Å². The highest BCUT2D eigenvalue weighted by Gasteiger charge is 2.28. The summed E-state index contributed by atoms with van der Waals surface area (Å²) in [6.45, 7) is 4.52. The topological polar surface area (TPSA) is 75.4 Å². The van der Waals surface area contributed by atoms with Crippen LogP contribution in [0, 0.1) is 5.92 Å². The summed E-state index contributed by atoms with van der Waals surface area (Å²) in [6, 6.07) is 7.39. The van der Waals surface area contributed by atoms with Crippen LogP contribution in [0.25, 0.3) is 0 Å². The summed E-state index contributed by atoms with van der Waals surface area (Å²) < 4.78 is 0. The molecule has 1 saturated heterocycles. The third-order valence-corrected chi connectivity index (χ3v) is 4.35. The number of piperidine rings is 1. The molecular weight excluding hydrogens is 326 g/mol. The van der Waals surface area contributed by atoms with Crippen molar-refractivity contribution in [3.05, 3.63) is 35.4 Å². The number of carbonyl (C=O) groups excluding carboxylic acids is 2. The van der Waals surface area contributed by atoms with Gasteiger partial charge >= 0.3 is 0 Å². The van der Waals surface area contributed by atoms with Crippen molar-refractivity contribution in [1.29, 1.82) is 0 Å². The number of hydrogen-bond acceptors (Lipinski definition) is 3. The van der Waals surface area contributed by atoms with Crippen LogP contribution in [0.1, 0.15) is 48.5 Å². The molecule has 1 heterocycles. The molecule has 0 bridgehead atoms. The van der Waals surface area contributed by atoms with Crippen molar-refractivity contribution in [2.24, 2.45) is 11.7 Å². The molecule has 1 aliphatic rings. The van der Waals surface area contributed by atoms with Gasteiger partial charge in [-0.3, -0.25) is 9.59 Å². The Morgan fingerprint density at radius 2 is 2.00 bits per heavy atom. The Bertz CT molecular complexity index is 534. The van der Waals surface area contributed by atoms with Crippen LogP contribution >= 0.6 is 12.4 Å². The zero-order valence-electron chi connectivity index (χ0n) is 14.3. The number of likely N-dealkylation sites (tertiary alicyclic amines) is 1. The summed E-state index contributed by atoms with van der Waals surface area (Å²) in [5.74, 6) is -0.0121. The summed E-state index contributed by atoms with van der Waals surface area (Å²) in [6.07, 6.45) is 3.79. The number of amides is 2. The van der Waals surface area contributed by atoms with Crippen LogP contribution in [0.5, 0.6) is 0 Å². The molecular formula is C18H28ClN3O2. The Hall–Kier alpha value is -1.59. The van der Waals surface area contributed by atoms with Crippen LogP contribution in [0.2, 0.25) is 0 Å². The van der Waals surface area contributed by atoms with E-state index in [0.717, 1.165) is 44.3 Å². The van der Waals surface area contributed by atoms with E-state index < -0.39 is 0 Å². The van der Waals surface area contributed by atoms with Gasteiger partial charge in [-0.05, 0) is 37.0 Å². The molecule has 0 radical (unpaired) electrons. The molecule has 2 amide bonds. The van der Waals surface area contributed by atoms with Gasteiger partial charge in [0.05, 0.1) is 5.92 Å². The largest absolute Gasteiger partial charge is 0.356 e. The molecule has 1 unspecified atom stereocenters. The molecule has 1 fully saturated rings. The van der Waals surface area contributed by atoms with E-state index in [1.165, 1.54) is 0 Å². The Balaban J connectivity index is 0.00000288. The molecule has 6 heteroatoms. The number of halogens is 1. The van der Waals surface area contributed by atoms with Gasteiger partial charge in [-0.1, -0.05) is 25.5 Å². The monoisotopic (exact) mass is 353 g/mol. The fraction of sp³-hybridized carbons (Fsp3) is 0.556. The molecule has 0 aliphatic carbocycles. The van der Waals surface area contributed by atoms with Gasteiger partial charge < -0.3 is 16.0 Å². The minimum absolute atomic E-state index is 0. The lowest BCUT2D eigenvalue weighted by Crippen LogP contribution is -2.45. The average molecular weight is 354 g/mol.